The van der Waals surface area contributed by atoms with Gasteiger partial charge in [-0.2, -0.15) is 0 Å². The summed E-state index contributed by atoms with van der Waals surface area (Å²) in [4.78, 5) is 0. The van der Waals surface area contributed by atoms with Gasteiger partial charge < -0.3 is 5.32 Å². The Morgan fingerprint density at radius 3 is 3.00 bits per heavy atom. The number of fused-ring (bicyclic) bond motifs is 1. The Bertz CT molecular complexity index is 756. The van der Waals surface area contributed by atoms with Crippen molar-refractivity contribution in [1.82, 2.24) is 19.9 Å². The zero-order valence-corrected chi connectivity index (χ0v) is 12.0. The summed E-state index contributed by atoms with van der Waals surface area (Å²) in [5, 5.41) is 12.0. The SMILES string of the molecule is Fc1ccc(Cl)cc1CNCCc1nnc2ccccn12. The van der Waals surface area contributed by atoms with Crippen LogP contribution >= 0.6 is 11.6 Å². The van der Waals surface area contributed by atoms with E-state index in [1.54, 1.807) is 12.1 Å². The summed E-state index contributed by atoms with van der Waals surface area (Å²) < 4.78 is 15.5. The van der Waals surface area contributed by atoms with E-state index in [4.69, 9.17) is 11.6 Å². The summed E-state index contributed by atoms with van der Waals surface area (Å²) in [6.45, 7) is 1.12. The van der Waals surface area contributed by atoms with E-state index in [9.17, 15) is 4.39 Å². The number of nitrogens with one attached hydrogen (secondary N) is 1. The molecule has 0 bridgehead atoms. The van der Waals surface area contributed by atoms with Crippen molar-refractivity contribution in [2.75, 3.05) is 6.54 Å². The Hall–Kier alpha value is -1.98. The molecule has 4 nitrogen and oxygen atoms in total. The zero-order chi connectivity index (χ0) is 14.7. The molecule has 3 rings (SSSR count). The van der Waals surface area contributed by atoms with Gasteiger partial charge in [-0.25, -0.2) is 4.39 Å². The molecule has 3 aromatic rings. The molecule has 1 aromatic carbocycles. The fraction of sp³-hybridized carbons (Fsp3) is 0.200. The van der Waals surface area contributed by atoms with E-state index in [2.05, 4.69) is 15.5 Å². The fourth-order valence-corrected chi connectivity index (χ4v) is 2.36. The van der Waals surface area contributed by atoms with Crippen molar-refractivity contribution >= 4 is 17.2 Å². The molecule has 0 unspecified atom stereocenters. The van der Waals surface area contributed by atoms with Gasteiger partial charge in [-0.15, -0.1) is 10.2 Å². The molecule has 0 atom stereocenters. The van der Waals surface area contributed by atoms with Gasteiger partial charge in [-0.3, -0.25) is 4.40 Å². The highest BCUT2D eigenvalue weighted by atomic mass is 35.5. The third-order valence-corrected chi connectivity index (χ3v) is 3.47. The lowest BCUT2D eigenvalue weighted by Gasteiger charge is -2.06. The quantitative estimate of drug-likeness (QED) is 0.737. The average molecular weight is 305 g/mol. The molecule has 0 amide bonds. The first-order valence-electron chi connectivity index (χ1n) is 6.67. The van der Waals surface area contributed by atoms with E-state index in [0.29, 0.717) is 30.1 Å². The van der Waals surface area contributed by atoms with Gasteiger partial charge in [-0.05, 0) is 30.3 Å². The number of halogens is 2. The Balaban J connectivity index is 1.58. The van der Waals surface area contributed by atoms with Crippen LogP contribution in [-0.4, -0.2) is 21.1 Å². The Morgan fingerprint density at radius 2 is 2.10 bits per heavy atom. The highest BCUT2D eigenvalue weighted by Crippen LogP contribution is 2.14. The van der Waals surface area contributed by atoms with Crippen LogP contribution in [0.4, 0.5) is 4.39 Å². The molecule has 21 heavy (non-hydrogen) atoms. The highest BCUT2D eigenvalue weighted by molar-refractivity contribution is 6.30. The normalized spacial score (nSPS) is 11.1. The van der Waals surface area contributed by atoms with Crippen LogP contribution in [0.2, 0.25) is 5.02 Å². The molecule has 6 heteroatoms. The summed E-state index contributed by atoms with van der Waals surface area (Å²) in [6, 6.07) is 10.3. The molecule has 108 valence electrons. The first-order valence-corrected chi connectivity index (χ1v) is 7.05. The summed E-state index contributed by atoms with van der Waals surface area (Å²) in [5.41, 5.74) is 1.39. The van der Waals surface area contributed by atoms with Gasteiger partial charge in [0.15, 0.2) is 5.65 Å². The third-order valence-electron chi connectivity index (χ3n) is 3.23. The van der Waals surface area contributed by atoms with E-state index in [1.807, 2.05) is 28.8 Å². The average Bonchev–Trinajstić information content (AvgIpc) is 2.90. The molecule has 2 heterocycles. The third kappa shape index (κ3) is 3.20. The minimum absolute atomic E-state index is 0.250. The minimum atomic E-state index is -0.250. The molecule has 0 radical (unpaired) electrons. The van der Waals surface area contributed by atoms with Crippen molar-refractivity contribution in [3.05, 3.63) is 64.8 Å². The number of pyridine rings is 1. The lowest BCUT2D eigenvalue weighted by atomic mass is 10.2. The number of aromatic nitrogens is 3. The van der Waals surface area contributed by atoms with Crippen molar-refractivity contribution in [3.63, 3.8) is 0 Å². The second-order valence-electron chi connectivity index (χ2n) is 4.71. The standard InChI is InChI=1S/C15H14ClFN4/c16-12-4-5-13(17)11(9-12)10-18-7-6-15-20-19-14-3-1-2-8-21(14)15/h1-5,8-9,18H,6-7,10H2. The first-order chi connectivity index (χ1) is 10.2. The van der Waals surface area contributed by atoms with Crippen LogP contribution in [-0.2, 0) is 13.0 Å². The van der Waals surface area contributed by atoms with E-state index in [0.717, 1.165) is 11.5 Å². The minimum Gasteiger partial charge on any atom is -0.312 e. The Morgan fingerprint density at radius 1 is 1.19 bits per heavy atom. The Kier molecular flexibility index (Phi) is 4.13. The topological polar surface area (TPSA) is 42.2 Å². The number of nitrogens with zero attached hydrogens (tertiary/aromatic N) is 3. The van der Waals surface area contributed by atoms with Crippen LogP contribution in [0.25, 0.3) is 5.65 Å². The maximum atomic E-state index is 13.6. The van der Waals surface area contributed by atoms with E-state index >= 15 is 0 Å². The lowest BCUT2D eigenvalue weighted by Crippen LogP contribution is -2.18. The monoisotopic (exact) mass is 304 g/mol. The maximum Gasteiger partial charge on any atom is 0.160 e. The van der Waals surface area contributed by atoms with E-state index < -0.39 is 0 Å². The van der Waals surface area contributed by atoms with Gasteiger partial charge in [0.1, 0.15) is 11.6 Å². The molecule has 0 aliphatic carbocycles. The first kappa shape index (κ1) is 14.0. The second kappa shape index (κ2) is 6.20. The Labute approximate surface area is 126 Å². The van der Waals surface area contributed by atoms with Crippen LogP contribution in [0.5, 0.6) is 0 Å². The summed E-state index contributed by atoms with van der Waals surface area (Å²) in [5.74, 6) is 0.629. The van der Waals surface area contributed by atoms with Crippen LogP contribution in [0.15, 0.2) is 42.6 Å². The largest absolute Gasteiger partial charge is 0.312 e. The molecule has 0 aliphatic heterocycles. The van der Waals surface area contributed by atoms with Crippen molar-refractivity contribution in [2.24, 2.45) is 0 Å². The number of hydrogen-bond donors (Lipinski definition) is 1. The van der Waals surface area contributed by atoms with E-state index in [-0.39, 0.29) is 5.82 Å². The van der Waals surface area contributed by atoms with Gasteiger partial charge in [-0.1, -0.05) is 17.7 Å². The molecule has 0 saturated carbocycles. The number of rotatable bonds is 5. The molecule has 1 N–H and O–H groups in total. The molecular weight excluding hydrogens is 291 g/mol. The number of hydrogen-bond acceptors (Lipinski definition) is 3. The van der Waals surface area contributed by atoms with Crippen molar-refractivity contribution in [3.8, 4) is 0 Å². The molecular formula is C15H14ClFN4. The van der Waals surface area contributed by atoms with Crippen molar-refractivity contribution < 1.29 is 4.39 Å². The van der Waals surface area contributed by atoms with Gasteiger partial charge >= 0.3 is 0 Å². The smallest absolute Gasteiger partial charge is 0.160 e. The molecule has 0 spiro atoms. The van der Waals surface area contributed by atoms with Crippen LogP contribution in [0.1, 0.15) is 11.4 Å². The lowest BCUT2D eigenvalue weighted by molar-refractivity contribution is 0.586. The zero-order valence-electron chi connectivity index (χ0n) is 11.3. The fourth-order valence-electron chi connectivity index (χ4n) is 2.16. The highest BCUT2D eigenvalue weighted by Gasteiger charge is 2.05. The van der Waals surface area contributed by atoms with Crippen LogP contribution in [0, 0.1) is 5.82 Å². The summed E-state index contributed by atoms with van der Waals surface area (Å²) in [6.07, 6.45) is 2.65. The number of benzene rings is 1. The molecule has 0 aliphatic rings. The second-order valence-corrected chi connectivity index (χ2v) is 5.14. The van der Waals surface area contributed by atoms with Crippen molar-refractivity contribution in [1.29, 1.82) is 0 Å². The van der Waals surface area contributed by atoms with Crippen LogP contribution in [0.3, 0.4) is 0 Å². The predicted molar refractivity (Wildman–Crippen MR) is 79.8 cm³/mol. The van der Waals surface area contributed by atoms with Gasteiger partial charge in [0, 0.05) is 36.3 Å². The van der Waals surface area contributed by atoms with Gasteiger partial charge in [0.25, 0.3) is 0 Å². The predicted octanol–water partition coefficient (Wildman–Crippen LogP) is 2.85. The molecule has 0 fully saturated rings. The molecule has 2 aromatic heterocycles. The van der Waals surface area contributed by atoms with Gasteiger partial charge in [0.05, 0.1) is 0 Å². The van der Waals surface area contributed by atoms with Crippen molar-refractivity contribution in [2.45, 2.75) is 13.0 Å². The van der Waals surface area contributed by atoms with E-state index in [1.165, 1.54) is 6.07 Å². The van der Waals surface area contributed by atoms with Crippen LogP contribution < -0.4 is 5.32 Å². The summed E-state index contributed by atoms with van der Waals surface area (Å²) >= 11 is 5.86. The van der Waals surface area contributed by atoms with Gasteiger partial charge in [0.2, 0.25) is 0 Å². The summed E-state index contributed by atoms with van der Waals surface area (Å²) in [7, 11) is 0. The maximum absolute atomic E-state index is 13.6. The molecule has 0 saturated heterocycles.